The van der Waals surface area contributed by atoms with Crippen molar-refractivity contribution in [3.63, 3.8) is 0 Å². The van der Waals surface area contributed by atoms with E-state index in [1.54, 1.807) is 4.90 Å². The zero-order valence-electron chi connectivity index (χ0n) is 19.2. The highest BCUT2D eigenvalue weighted by atomic mass is 16.5. The second-order valence-electron chi connectivity index (χ2n) is 9.50. The van der Waals surface area contributed by atoms with Gasteiger partial charge in [-0.2, -0.15) is 0 Å². The topological polar surface area (TPSA) is 82.5 Å². The van der Waals surface area contributed by atoms with Crippen LogP contribution in [0.1, 0.15) is 43.2 Å². The van der Waals surface area contributed by atoms with Gasteiger partial charge in [-0.25, -0.2) is 0 Å². The largest absolute Gasteiger partial charge is 0.490 e. The van der Waals surface area contributed by atoms with Gasteiger partial charge in [0.1, 0.15) is 24.6 Å². The van der Waals surface area contributed by atoms with Crippen LogP contribution in [0, 0.1) is 13.8 Å². The summed E-state index contributed by atoms with van der Waals surface area (Å²) in [5, 5.41) is 22.6. The molecule has 2 fully saturated rings. The van der Waals surface area contributed by atoms with Gasteiger partial charge in [0.05, 0.1) is 12.1 Å². The van der Waals surface area contributed by atoms with Gasteiger partial charge in [0.25, 0.3) is 0 Å². The SMILES string of the molecule is COCC(=O)N1CCN(CC2(O)CCCCC2)C[C@](O)(COc2ccc(C)c(C)c2)C1. The van der Waals surface area contributed by atoms with Crippen molar-refractivity contribution in [3.05, 3.63) is 29.3 Å². The first-order valence-corrected chi connectivity index (χ1v) is 11.4. The molecule has 1 aliphatic carbocycles. The number of aryl methyl sites for hydroxylation is 2. The predicted octanol–water partition coefficient (Wildman–Crippen LogP) is 1.90. The van der Waals surface area contributed by atoms with Gasteiger partial charge in [-0.05, 0) is 49.9 Å². The highest BCUT2D eigenvalue weighted by Gasteiger charge is 2.40. The average Bonchev–Trinajstić information content (AvgIpc) is 2.88. The summed E-state index contributed by atoms with van der Waals surface area (Å²) in [5.41, 5.74) is 0.343. The lowest BCUT2D eigenvalue weighted by Crippen LogP contribution is -2.54. The Kier molecular flexibility index (Phi) is 7.97. The van der Waals surface area contributed by atoms with E-state index >= 15 is 0 Å². The third kappa shape index (κ3) is 6.65. The molecule has 1 atom stereocenters. The van der Waals surface area contributed by atoms with E-state index in [2.05, 4.69) is 4.90 Å². The van der Waals surface area contributed by atoms with Crippen molar-refractivity contribution in [1.82, 2.24) is 9.80 Å². The Morgan fingerprint density at radius 1 is 1.03 bits per heavy atom. The highest BCUT2D eigenvalue weighted by molar-refractivity contribution is 5.77. The zero-order valence-corrected chi connectivity index (χ0v) is 19.2. The summed E-state index contributed by atoms with van der Waals surface area (Å²) in [5.74, 6) is 0.554. The van der Waals surface area contributed by atoms with Crippen LogP contribution >= 0.6 is 0 Å². The molecule has 1 saturated heterocycles. The number of carbonyl (C=O) groups excluding carboxylic acids is 1. The summed E-state index contributed by atoms with van der Waals surface area (Å²) in [6.45, 7) is 6.25. The van der Waals surface area contributed by atoms with E-state index in [1.165, 1.54) is 12.7 Å². The number of ether oxygens (including phenoxy) is 2. The third-order valence-corrected chi connectivity index (χ3v) is 6.60. The van der Waals surface area contributed by atoms with Crippen molar-refractivity contribution in [2.45, 2.75) is 57.2 Å². The molecule has 31 heavy (non-hydrogen) atoms. The van der Waals surface area contributed by atoms with Crippen LogP contribution in [0.3, 0.4) is 0 Å². The standard InChI is InChI=1S/C24H38N2O5/c1-19-7-8-21(13-20(19)2)31-18-24(29)16-25(15-23(28)9-5-4-6-10-23)11-12-26(17-24)22(27)14-30-3/h7-8,13,28-29H,4-6,9-12,14-18H2,1-3H3/t24-/m1/s1. The number of hydrogen-bond acceptors (Lipinski definition) is 6. The maximum Gasteiger partial charge on any atom is 0.248 e. The predicted molar refractivity (Wildman–Crippen MR) is 119 cm³/mol. The van der Waals surface area contributed by atoms with E-state index in [1.807, 2.05) is 32.0 Å². The number of amides is 1. The molecule has 1 aromatic carbocycles. The number of aliphatic hydroxyl groups is 2. The van der Waals surface area contributed by atoms with Crippen LogP contribution in [-0.4, -0.2) is 90.2 Å². The Morgan fingerprint density at radius 2 is 1.77 bits per heavy atom. The van der Waals surface area contributed by atoms with Crippen molar-refractivity contribution in [2.24, 2.45) is 0 Å². The van der Waals surface area contributed by atoms with E-state index < -0.39 is 11.2 Å². The molecule has 1 saturated carbocycles. The van der Waals surface area contributed by atoms with E-state index in [-0.39, 0.29) is 25.7 Å². The van der Waals surface area contributed by atoms with Crippen LogP contribution in [0.5, 0.6) is 5.75 Å². The molecule has 1 aromatic rings. The lowest BCUT2D eigenvalue weighted by Gasteiger charge is -2.38. The summed E-state index contributed by atoms with van der Waals surface area (Å²) in [7, 11) is 1.50. The van der Waals surface area contributed by atoms with E-state index in [0.29, 0.717) is 31.9 Å². The smallest absolute Gasteiger partial charge is 0.248 e. The minimum Gasteiger partial charge on any atom is -0.490 e. The van der Waals surface area contributed by atoms with Crippen LogP contribution in [0.4, 0.5) is 0 Å². The number of benzene rings is 1. The first-order chi connectivity index (χ1) is 14.7. The first-order valence-electron chi connectivity index (χ1n) is 11.4. The molecule has 1 aliphatic heterocycles. The molecule has 0 radical (unpaired) electrons. The van der Waals surface area contributed by atoms with Crippen molar-refractivity contribution in [2.75, 3.05) is 53.0 Å². The summed E-state index contributed by atoms with van der Waals surface area (Å²) in [6, 6.07) is 5.87. The molecule has 0 aromatic heterocycles. The lowest BCUT2D eigenvalue weighted by atomic mass is 9.84. The quantitative estimate of drug-likeness (QED) is 0.682. The molecule has 3 rings (SSSR count). The van der Waals surface area contributed by atoms with Gasteiger partial charge in [0, 0.05) is 33.3 Å². The number of nitrogens with zero attached hydrogens (tertiary/aromatic N) is 2. The molecule has 0 spiro atoms. The average molecular weight is 435 g/mol. The van der Waals surface area contributed by atoms with E-state index in [0.717, 1.165) is 37.7 Å². The molecule has 0 unspecified atom stereocenters. The number of methoxy groups -OCH3 is 1. The maximum absolute atomic E-state index is 12.5. The van der Waals surface area contributed by atoms with Gasteiger partial charge in [0.15, 0.2) is 0 Å². The fraction of sp³-hybridized carbons (Fsp3) is 0.708. The Morgan fingerprint density at radius 3 is 2.45 bits per heavy atom. The van der Waals surface area contributed by atoms with Crippen molar-refractivity contribution in [1.29, 1.82) is 0 Å². The van der Waals surface area contributed by atoms with Crippen LogP contribution < -0.4 is 4.74 Å². The maximum atomic E-state index is 12.5. The molecule has 2 N–H and O–H groups in total. The Hall–Kier alpha value is -1.67. The van der Waals surface area contributed by atoms with Gasteiger partial charge < -0.3 is 24.6 Å². The number of rotatable bonds is 7. The third-order valence-electron chi connectivity index (χ3n) is 6.60. The van der Waals surface area contributed by atoms with Gasteiger partial charge in [-0.15, -0.1) is 0 Å². The van der Waals surface area contributed by atoms with Gasteiger partial charge in [-0.1, -0.05) is 25.3 Å². The van der Waals surface area contributed by atoms with E-state index in [9.17, 15) is 15.0 Å². The minimum absolute atomic E-state index is 0.0158. The Labute approximate surface area is 185 Å². The minimum atomic E-state index is -1.25. The Balaban J connectivity index is 1.73. The van der Waals surface area contributed by atoms with Crippen LogP contribution in [-0.2, 0) is 9.53 Å². The summed E-state index contributed by atoms with van der Waals surface area (Å²) in [4.78, 5) is 16.3. The van der Waals surface area contributed by atoms with Crippen molar-refractivity contribution in [3.8, 4) is 5.75 Å². The van der Waals surface area contributed by atoms with E-state index in [4.69, 9.17) is 9.47 Å². The molecule has 1 heterocycles. The number of β-amino-alcohol motifs (C(OH)–C–C–N with tert-alkyl or cyclic N) is 2. The Bertz CT molecular complexity index is 749. The molecule has 2 aliphatic rings. The fourth-order valence-electron chi connectivity index (χ4n) is 4.70. The summed E-state index contributed by atoms with van der Waals surface area (Å²) in [6.07, 6.45) is 4.79. The molecule has 7 nitrogen and oxygen atoms in total. The van der Waals surface area contributed by atoms with Gasteiger partial charge in [0.2, 0.25) is 5.91 Å². The molecule has 1 amide bonds. The monoisotopic (exact) mass is 434 g/mol. The molecule has 174 valence electrons. The second-order valence-corrected chi connectivity index (χ2v) is 9.50. The normalized spacial score (nSPS) is 24.6. The zero-order chi connectivity index (χ0) is 22.5. The highest BCUT2D eigenvalue weighted by Crippen LogP contribution is 2.30. The first kappa shape index (κ1) is 24.0. The van der Waals surface area contributed by atoms with Crippen LogP contribution in [0.25, 0.3) is 0 Å². The molecule has 0 bridgehead atoms. The summed E-state index contributed by atoms with van der Waals surface area (Å²) >= 11 is 0. The van der Waals surface area contributed by atoms with Crippen LogP contribution in [0.2, 0.25) is 0 Å². The van der Waals surface area contributed by atoms with Crippen LogP contribution in [0.15, 0.2) is 18.2 Å². The summed E-state index contributed by atoms with van der Waals surface area (Å²) < 4.78 is 11.0. The van der Waals surface area contributed by atoms with Crippen molar-refractivity contribution >= 4 is 5.91 Å². The molecular weight excluding hydrogens is 396 g/mol. The molecule has 7 heteroatoms. The van der Waals surface area contributed by atoms with Gasteiger partial charge in [-0.3, -0.25) is 9.69 Å². The molecular formula is C24H38N2O5. The fourth-order valence-corrected chi connectivity index (χ4v) is 4.70. The number of carbonyl (C=O) groups is 1. The van der Waals surface area contributed by atoms with Gasteiger partial charge >= 0.3 is 0 Å². The van der Waals surface area contributed by atoms with Crippen molar-refractivity contribution < 1.29 is 24.5 Å². The number of hydrogen-bond donors (Lipinski definition) is 2. The lowest BCUT2D eigenvalue weighted by molar-refractivity contribution is -0.138. The second kappa shape index (κ2) is 10.3.